The van der Waals surface area contributed by atoms with Gasteiger partial charge in [0, 0.05) is 18.2 Å². The van der Waals surface area contributed by atoms with Crippen LogP contribution in [0.1, 0.15) is 23.0 Å². The van der Waals surface area contributed by atoms with Crippen LogP contribution in [0.25, 0.3) is 17.4 Å². The zero-order valence-corrected chi connectivity index (χ0v) is 12.2. The first-order valence-electron chi connectivity index (χ1n) is 6.30. The second kappa shape index (κ2) is 6.95. The molecule has 2 rings (SSSR count). The van der Waals surface area contributed by atoms with Gasteiger partial charge >= 0.3 is 5.97 Å². The number of carboxylic acids is 1. The maximum Gasteiger partial charge on any atom is 0.371 e. The van der Waals surface area contributed by atoms with E-state index in [1.165, 1.54) is 17.8 Å². The number of rotatable bonds is 5. The zero-order valence-electron chi connectivity index (χ0n) is 11.4. The van der Waals surface area contributed by atoms with Gasteiger partial charge in [-0.3, -0.25) is 4.79 Å². The van der Waals surface area contributed by atoms with Gasteiger partial charge in [-0.1, -0.05) is 48.2 Å². The first kappa shape index (κ1) is 15.1. The Kier molecular flexibility index (Phi) is 5.00. The third kappa shape index (κ3) is 4.36. The number of carboxylic acid groups (broad SMARTS) is 1. The molecule has 0 aliphatic rings. The molecule has 0 aliphatic carbocycles. The van der Waals surface area contributed by atoms with Crippen LogP contribution in [0.2, 0.25) is 0 Å². The molecule has 1 N–H and O–H groups in total. The molecule has 2 aromatic rings. The van der Waals surface area contributed by atoms with Gasteiger partial charge < -0.3 is 9.52 Å². The highest BCUT2D eigenvalue weighted by atomic mass is 32.2. The van der Waals surface area contributed by atoms with Crippen molar-refractivity contribution in [3.63, 3.8) is 0 Å². The quantitative estimate of drug-likeness (QED) is 0.906. The molecule has 1 aromatic heterocycles. The van der Waals surface area contributed by atoms with E-state index in [9.17, 15) is 9.59 Å². The van der Waals surface area contributed by atoms with Crippen LogP contribution in [0, 0.1) is 0 Å². The molecule has 1 heterocycles. The number of carbonyl (C=O) groups is 2. The van der Waals surface area contributed by atoms with E-state index in [2.05, 4.69) is 0 Å². The van der Waals surface area contributed by atoms with Crippen molar-refractivity contribution in [1.29, 1.82) is 0 Å². The van der Waals surface area contributed by atoms with Crippen LogP contribution in [0.4, 0.5) is 0 Å². The normalized spacial score (nSPS) is 10.9. The minimum atomic E-state index is -1.08. The van der Waals surface area contributed by atoms with E-state index in [4.69, 9.17) is 9.52 Å². The zero-order chi connectivity index (χ0) is 15.2. The summed E-state index contributed by atoms with van der Waals surface area (Å²) in [6.45, 7) is 1.54. The molecule has 0 saturated carbocycles. The molecule has 0 atom stereocenters. The average Bonchev–Trinajstić information content (AvgIpc) is 2.94. The molecule has 108 valence electrons. The second-order valence-corrected chi connectivity index (χ2v) is 5.49. The van der Waals surface area contributed by atoms with Gasteiger partial charge in [-0.05, 0) is 17.7 Å². The molecular weight excluding hydrogens is 288 g/mol. The SMILES string of the molecule is CC(=O)SCC=Cc1ccc(-c2ccc(C(=O)O)o2)cc1. The summed E-state index contributed by atoms with van der Waals surface area (Å²) >= 11 is 1.26. The van der Waals surface area contributed by atoms with E-state index in [0.29, 0.717) is 11.5 Å². The molecule has 1 aromatic carbocycles. The lowest BCUT2D eigenvalue weighted by atomic mass is 10.1. The topological polar surface area (TPSA) is 67.5 Å². The predicted molar refractivity (Wildman–Crippen MR) is 83.3 cm³/mol. The Labute approximate surface area is 126 Å². The number of furan rings is 1. The molecule has 0 amide bonds. The Morgan fingerprint density at radius 2 is 1.90 bits per heavy atom. The van der Waals surface area contributed by atoms with Crippen molar-refractivity contribution >= 4 is 28.9 Å². The van der Waals surface area contributed by atoms with Gasteiger partial charge in [-0.25, -0.2) is 4.79 Å². The fourth-order valence-electron chi connectivity index (χ4n) is 1.72. The highest BCUT2D eigenvalue weighted by Crippen LogP contribution is 2.23. The summed E-state index contributed by atoms with van der Waals surface area (Å²) in [5, 5.41) is 8.92. The van der Waals surface area contributed by atoms with Crippen molar-refractivity contribution in [2.75, 3.05) is 5.75 Å². The third-order valence-corrected chi connectivity index (χ3v) is 3.47. The summed E-state index contributed by atoms with van der Waals surface area (Å²) in [4.78, 5) is 21.5. The smallest absolute Gasteiger partial charge is 0.371 e. The Balaban J connectivity index is 2.04. The third-order valence-electron chi connectivity index (χ3n) is 2.71. The first-order valence-corrected chi connectivity index (χ1v) is 7.28. The summed E-state index contributed by atoms with van der Waals surface area (Å²) < 4.78 is 5.24. The monoisotopic (exact) mass is 302 g/mol. The molecule has 5 heteroatoms. The van der Waals surface area contributed by atoms with E-state index in [1.54, 1.807) is 13.0 Å². The number of hydrogen-bond acceptors (Lipinski definition) is 4. The fraction of sp³-hybridized carbons (Fsp3) is 0.125. The molecule has 0 saturated heterocycles. The van der Waals surface area contributed by atoms with E-state index >= 15 is 0 Å². The van der Waals surface area contributed by atoms with Gasteiger partial charge in [0.15, 0.2) is 5.12 Å². The molecule has 0 aliphatic heterocycles. The van der Waals surface area contributed by atoms with Gasteiger partial charge in [0.1, 0.15) is 5.76 Å². The summed E-state index contributed by atoms with van der Waals surface area (Å²) in [7, 11) is 0. The maximum absolute atomic E-state index is 10.8. The van der Waals surface area contributed by atoms with Crippen molar-refractivity contribution < 1.29 is 19.1 Å². The van der Waals surface area contributed by atoms with Gasteiger partial charge in [0.2, 0.25) is 5.76 Å². The molecule has 0 fully saturated rings. The van der Waals surface area contributed by atoms with Gasteiger partial charge in [0.25, 0.3) is 0 Å². The number of carbonyl (C=O) groups excluding carboxylic acids is 1. The van der Waals surface area contributed by atoms with Gasteiger partial charge in [-0.15, -0.1) is 0 Å². The lowest BCUT2D eigenvalue weighted by Gasteiger charge is -1.98. The largest absolute Gasteiger partial charge is 0.475 e. The van der Waals surface area contributed by atoms with Gasteiger partial charge in [-0.2, -0.15) is 0 Å². The van der Waals surface area contributed by atoms with Crippen LogP contribution in [-0.4, -0.2) is 21.9 Å². The maximum atomic E-state index is 10.8. The van der Waals surface area contributed by atoms with Crippen molar-refractivity contribution in [2.45, 2.75) is 6.92 Å². The Morgan fingerprint density at radius 1 is 1.19 bits per heavy atom. The first-order chi connectivity index (χ1) is 10.1. The summed E-state index contributed by atoms with van der Waals surface area (Å²) in [6.07, 6.45) is 3.86. The molecular formula is C16H14O4S. The van der Waals surface area contributed by atoms with Crippen LogP contribution in [-0.2, 0) is 4.79 Å². The van der Waals surface area contributed by atoms with Crippen LogP contribution >= 0.6 is 11.8 Å². The van der Waals surface area contributed by atoms with Gasteiger partial charge in [0.05, 0.1) is 0 Å². The Bertz CT molecular complexity index is 668. The Hall–Kier alpha value is -2.27. The number of thioether (sulfide) groups is 1. The fourth-order valence-corrected chi connectivity index (χ4v) is 2.14. The summed E-state index contributed by atoms with van der Waals surface area (Å²) in [5.41, 5.74) is 1.82. The van der Waals surface area contributed by atoms with E-state index < -0.39 is 5.97 Å². The molecule has 0 radical (unpaired) electrons. The molecule has 0 spiro atoms. The minimum absolute atomic E-state index is 0.0739. The minimum Gasteiger partial charge on any atom is -0.475 e. The summed E-state index contributed by atoms with van der Waals surface area (Å²) in [5.74, 6) is 0.0195. The Morgan fingerprint density at radius 3 is 2.48 bits per heavy atom. The highest BCUT2D eigenvalue weighted by molar-refractivity contribution is 8.13. The van der Waals surface area contributed by atoms with E-state index in [-0.39, 0.29) is 10.9 Å². The average molecular weight is 302 g/mol. The highest BCUT2D eigenvalue weighted by Gasteiger charge is 2.09. The van der Waals surface area contributed by atoms with Crippen molar-refractivity contribution in [3.05, 3.63) is 53.8 Å². The second-order valence-electron chi connectivity index (χ2n) is 4.30. The number of hydrogen-bond donors (Lipinski definition) is 1. The lowest BCUT2D eigenvalue weighted by Crippen LogP contribution is -1.91. The van der Waals surface area contributed by atoms with Crippen LogP contribution in [0.15, 0.2) is 46.9 Å². The summed E-state index contributed by atoms with van der Waals surface area (Å²) in [6, 6.07) is 10.6. The lowest BCUT2D eigenvalue weighted by molar-refractivity contribution is -0.109. The molecule has 21 heavy (non-hydrogen) atoms. The number of aromatic carboxylic acids is 1. The van der Waals surface area contributed by atoms with Crippen LogP contribution in [0.3, 0.4) is 0 Å². The van der Waals surface area contributed by atoms with E-state index in [1.807, 2.05) is 36.4 Å². The molecule has 4 nitrogen and oxygen atoms in total. The van der Waals surface area contributed by atoms with Crippen molar-refractivity contribution in [3.8, 4) is 11.3 Å². The van der Waals surface area contributed by atoms with Crippen molar-refractivity contribution in [2.24, 2.45) is 0 Å². The molecule has 0 unspecified atom stereocenters. The predicted octanol–water partition coefficient (Wildman–Crippen LogP) is 3.94. The standard InChI is InChI=1S/C16H14O4S/c1-11(17)21-10-2-3-12-4-6-13(7-5-12)14-8-9-15(20-14)16(18)19/h2-9H,10H2,1H3,(H,18,19). The van der Waals surface area contributed by atoms with E-state index in [0.717, 1.165) is 11.1 Å². The number of benzene rings is 1. The van der Waals surface area contributed by atoms with Crippen LogP contribution < -0.4 is 0 Å². The van der Waals surface area contributed by atoms with Crippen molar-refractivity contribution in [1.82, 2.24) is 0 Å². The van der Waals surface area contributed by atoms with Crippen LogP contribution in [0.5, 0.6) is 0 Å². The molecule has 0 bridgehead atoms.